The molecule has 0 aromatic carbocycles. The normalized spacial score (nSPS) is 18.6. The number of pyridine rings is 1. The highest BCUT2D eigenvalue weighted by molar-refractivity contribution is 5.15. The number of hydrogen-bond acceptors (Lipinski definition) is 2. The van der Waals surface area contributed by atoms with Gasteiger partial charge in [0.2, 0.25) is 5.95 Å². The first-order valence-electron chi connectivity index (χ1n) is 4.55. The first-order chi connectivity index (χ1) is 6.24. The highest BCUT2D eigenvalue weighted by atomic mass is 19.1. The minimum atomic E-state index is -0.415. The molecular weight excluding hydrogens is 167 g/mol. The van der Waals surface area contributed by atoms with Gasteiger partial charge in [-0.25, -0.2) is 4.98 Å². The summed E-state index contributed by atoms with van der Waals surface area (Å²) in [5.41, 5.74) is 7.04. The molecule has 1 saturated carbocycles. The van der Waals surface area contributed by atoms with E-state index >= 15 is 0 Å². The van der Waals surface area contributed by atoms with E-state index in [0.717, 1.165) is 18.5 Å². The van der Waals surface area contributed by atoms with Gasteiger partial charge in [-0.1, -0.05) is 6.07 Å². The number of nitrogens with two attached hydrogens (primary N) is 1. The molecule has 0 radical (unpaired) electrons. The second kappa shape index (κ2) is 3.07. The molecule has 1 heterocycles. The zero-order valence-electron chi connectivity index (χ0n) is 7.46. The summed E-state index contributed by atoms with van der Waals surface area (Å²) in [6.45, 7) is 0.727. The van der Waals surface area contributed by atoms with E-state index in [1.54, 1.807) is 12.3 Å². The predicted molar refractivity (Wildman–Crippen MR) is 48.6 cm³/mol. The lowest BCUT2D eigenvalue weighted by Gasteiger charge is -2.10. The lowest BCUT2D eigenvalue weighted by molar-refractivity contribution is 0.517. The van der Waals surface area contributed by atoms with Crippen molar-refractivity contribution in [1.82, 2.24) is 4.98 Å². The van der Waals surface area contributed by atoms with Gasteiger partial charge in [-0.2, -0.15) is 4.39 Å². The maximum Gasteiger partial charge on any atom is 0.212 e. The molecule has 2 rings (SSSR count). The number of rotatable bonds is 3. The van der Waals surface area contributed by atoms with Gasteiger partial charge in [-0.15, -0.1) is 0 Å². The highest BCUT2D eigenvalue weighted by Crippen LogP contribution is 2.47. The van der Waals surface area contributed by atoms with Crippen LogP contribution < -0.4 is 5.73 Å². The Kier molecular flexibility index (Phi) is 2.04. The van der Waals surface area contributed by atoms with E-state index in [1.165, 1.54) is 18.9 Å². The molecule has 0 unspecified atom stereocenters. The van der Waals surface area contributed by atoms with Crippen molar-refractivity contribution in [3.8, 4) is 0 Å². The third kappa shape index (κ3) is 1.86. The van der Waals surface area contributed by atoms with Crippen molar-refractivity contribution in [2.75, 3.05) is 6.54 Å². The molecule has 13 heavy (non-hydrogen) atoms. The molecule has 0 spiro atoms. The van der Waals surface area contributed by atoms with Crippen molar-refractivity contribution in [3.63, 3.8) is 0 Å². The Hall–Kier alpha value is -0.960. The number of nitrogens with zero attached hydrogens (tertiary/aromatic N) is 1. The van der Waals surface area contributed by atoms with E-state index in [1.807, 2.05) is 0 Å². The van der Waals surface area contributed by atoms with Crippen LogP contribution in [0.25, 0.3) is 0 Å². The molecule has 1 fully saturated rings. The van der Waals surface area contributed by atoms with Gasteiger partial charge >= 0.3 is 0 Å². The van der Waals surface area contributed by atoms with E-state index in [2.05, 4.69) is 4.98 Å². The van der Waals surface area contributed by atoms with Crippen molar-refractivity contribution in [3.05, 3.63) is 29.8 Å². The minimum Gasteiger partial charge on any atom is -0.330 e. The molecule has 1 aliphatic carbocycles. The van der Waals surface area contributed by atoms with Gasteiger partial charge in [-0.05, 0) is 42.9 Å². The summed E-state index contributed by atoms with van der Waals surface area (Å²) in [7, 11) is 0. The molecule has 3 heteroatoms. The first kappa shape index (κ1) is 8.63. The van der Waals surface area contributed by atoms with E-state index in [4.69, 9.17) is 5.73 Å². The van der Waals surface area contributed by atoms with Gasteiger partial charge in [0.15, 0.2) is 0 Å². The SMILES string of the molecule is NCC1(Cc2ccc(F)nc2)CC1. The fourth-order valence-electron chi connectivity index (χ4n) is 1.57. The molecule has 1 aromatic rings. The van der Waals surface area contributed by atoms with E-state index < -0.39 is 5.95 Å². The molecule has 2 N–H and O–H groups in total. The van der Waals surface area contributed by atoms with Crippen LogP contribution in [0, 0.1) is 11.4 Å². The molecule has 1 aliphatic rings. The summed E-state index contributed by atoms with van der Waals surface area (Å²) < 4.78 is 12.5. The van der Waals surface area contributed by atoms with E-state index in [-0.39, 0.29) is 0 Å². The van der Waals surface area contributed by atoms with Crippen LogP contribution in [-0.4, -0.2) is 11.5 Å². The van der Waals surface area contributed by atoms with Crippen LogP contribution in [0.5, 0.6) is 0 Å². The maximum atomic E-state index is 12.5. The van der Waals surface area contributed by atoms with Crippen molar-refractivity contribution in [1.29, 1.82) is 0 Å². The summed E-state index contributed by atoms with van der Waals surface area (Å²) in [5, 5.41) is 0. The smallest absolute Gasteiger partial charge is 0.212 e. The van der Waals surface area contributed by atoms with Crippen LogP contribution in [0.1, 0.15) is 18.4 Å². The zero-order valence-corrected chi connectivity index (χ0v) is 7.46. The summed E-state index contributed by atoms with van der Waals surface area (Å²) >= 11 is 0. The molecule has 70 valence electrons. The molecule has 0 atom stereocenters. The second-order valence-corrected chi connectivity index (χ2v) is 3.87. The van der Waals surface area contributed by atoms with E-state index in [0.29, 0.717) is 5.41 Å². The summed E-state index contributed by atoms with van der Waals surface area (Å²) in [4.78, 5) is 3.62. The Morgan fingerprint density at radius 1 is 1.46 bits per heavy atom. The van der Waals surface area contributed by atoms with Gasteiger partial charge in [-0.3, -0.25) is 0 Å². The highest BCUT2D eigenvalue weighted by Gasteiger charge is 2.40. The Balaban J connectivity index is 2.06. The lowest BCUT2D eigenvalue weighted by Crippen LogP contribution is -2.17. The summed E-state index contributed by atoms with van der Waals surface area (Å²) in [5.74, 6) is -0.415. The van der Waals surface area contributed by atoms with Crippen LogP contribution in [0.4, 0.5) is 4.39 Å². The summed E-state index contributed by atoms with van der Waals surface area (Å²) in [6.07, 6.45) is 4.93. The van der Waals surface area contributed by atoms with Gasteiger partial charge in [0, 0.05) is 6.20 Å². The number of hydrogen-bond donors (Lipinski definition) is 1. The fourth-order valence-corrected chi connectivity index (χ4v) is 1.57. The molecule has 1 aromatic heterocycles. The average molecular weight is 180 g/mol. The molecular formula is C10H13FN2. The van der Waals surface area contributed by atoms with Gasteiger partial charge in [0.1, 0.15) is 0 Å². The minimum absolute atomic E-state index is 0.305. The Bertz CT molecular complexity index is 290. The second-order valence-electron chi connectivity index (χ2n) is 3.87. The number of halogens is 1. The van der Waals surface area contributed by atoms with E-state index in [9.17, 15) is 4.39 Å². The Labute approximate surface area is 77.0 Å². The van der Waals surface area contributed by atoms with Crippen LogP contribution >= 0.6 is 0 Å². The van der Waals surface area contributed by atoms with Crippen molar-refractivity contribution < 1.29 is 4.39 Å². The molecule has 0 aliphatic heterocycles. The van der Waals surface area contributed by atoms with Crippen LogP contribution in [0.2, 0.25) is 0 Å². The summed E-state index contributed by atoms with van der Waals surface area (Å²) in [6, 6.07) is 3.19. The number of aromatic nitrogens is 1. The quantitative estimate of drug-likeness (QED) is 0.716. The zero-order chi connectivity index (χ0) is 9.31. The third-order valence-electron chi connectivity index (χ3n) is 2.76. The largest absolute Gasteiger partial charge is 0.330 e. The standard InChI is InChI=1S/C10H13FN2/c11-9-2-1-8(6-13-9)5-10(7-12)3-4-10/h1-2,6H,3-5,7,12H2. The molecule has 0 bridgehead atoms. The Morgan fingerprint density at radius 3 is 2.69 bits per heavy atom. The monoisotopic (exact) mass is 180 g/mol. The van der Waals surface area contributed by atoms with Crippen molar-refractivity contribution >= 4 is 0 Å². The Morgan fingerprint density at radius 2 is 2.23 bits per heavy atom. The lowest BCUT2D eigenvalue weighted by atomic mass is 9.98. The van der Waals surface area contributed by atoms with Crippen LogP contribution in [-0.2, 0) is 6.42 Å². The third-order valence-corrected chi connectivity index (χ3v) is 2.76. The van der Waals surface area contributed by atoms with Crippen LogP contribution in [0.3, 0.4) is 0 Å². The van der Waals surface area contributed by atoms with Gasteiger partial charge in [0.25, 0.3) is 0 Å². The molecule has 2 nitrogen and oxygen atoms in total. The average Bonchev–Trinajstić information content (AvgIpc) is 2.90. The molecule has 0 amide bonds. The van der Waals surface area contributed by atoms with Gasteiger partial charge in [0.05, 0.1) is 0 Å². The van der Waals surface area contributed by atoms with Gasteiger partial charge < -0.3 is 5.73 Å². The molecule has 0 saturated heterocycles. The predicted octanol–water partition coefficient (Wildman–Crippen LogP) is 1.50. The maximum absolute atomic E-state index is 12.5. The first-order valence-corrected chi connectivity index (χ1v) is 4.55. The topological polar surface area (TPSA) is 38.9 Å². The fraction of sp³-hybridized carbons (Fsp3) is 0.500. The van der Waals surface area contributed by atoms with Crippen molar-refractivity contribution in [2.24, 2.45) is 11.1 Å². The van der Waals surface area contributed by atoms with Crippen LogP contribution in [0.15, 0.2) is 18.3 Å². The van der Waals surface area contributed by atoms with Crippen molar-refractivity contribution in [2.45, 2.75) is 19.3 Å².